The summed E-state index contributed by atoms with van der Waals surface area (Å²) in [5.41, 5.74) is 7.27. The average molecular weight is 355 g/mol. The topological polar surface area (TPSA) is 66.6 Å². The van der Waals surface area contributed by atoms with Crippen molar-refractivity contribution in [2.75, 3.05) is 18.5 Å². The molecular formula is C20H22FN3O2. The molecule has 2 amide bonds. The highest BCUT2D eigenvalue weighted by atomic mass is 19.1. The van der Waals surface area contributed by atoms with Crippen molar-refractivity contribution in [2.45, 2.75) is 24.9 Å². The van der Waals surface area contributed by atoms with Crippen LogP contribution in [0.4, 0.5) is 10.1 Å². The first-order valence-electron chi connectivity index (χ1n) is 8.61. The van der Waals surface area contributed by atoms with Crippen LogP contribution in [0.5, 0.6) is 0 Å². The van der Waals surface area contributed by atoms with Crippen LogP contribution in [0.1, 0.15) is 12.0 Å². The zero-order valence-corrected chi connectivity index (χ0v) is 14.6. The maximum absolute atomic E-state index is 14.0. The van der Waals surface area contributed by atoms with Gasteiger partial charge in [0, 0.05) is 13.6 Å². The first-order chi connectivity index (χ1) is 12.5. The summed E-state index contributed by atoms with van der Waals surface area (Å²) in [5, 5.41) is 0. The SMILES string of the molecule is CN(C(=O)[C@@H](N)Cc1ccccc1)C1CCN(c2ccccc2F)C1=O. The molecule has 0 saturated carbocycles. The lowest BCUT2D eigenvalue weighted by Crippen LogP contribution is -2.50. The minimum absolute atomic E-state index is 0.245. The number of halogens is 1. The maximum Gasteiger partial charge on any atom is 0.249 e. The lowest BCUT2D eigenvalue weighted by molar-refractivity contribution is -0.137. The molecule has 136 valence electrons. The van der Waals surface area contributed by atoms with Crippen LogP contribution in [0.3, 0.4) is 0 Å². The Morgan fingerprint density at radius 1 is 1.23 bits per heavy atom. The highest BCUT2D eigenvalue weighted by Gasteiger charge is 2.39. The summed E-state index contributed by atoms with van der Waals surface area (Å²) in [5.74, 6) is -1.02. The third kappa shape index (κ3) is 3.60. The lowest BCUT2D eigenvalue weighted by Gasteiger charge is -2.26. The van der Waals surface area contributed by atoms with Gasteiger partial charge in [0.05, 0.1) is 11.7 Å². The Kier molecular flexibility index (Phi) is 5.32. The van der Waals surface area contributed by atoms with Crippen LogP contribution in [-0.4, -0.2) is 42.4 Å². The van der Waals surface area contributed by atoms with Crippen LogP contribution < -0.4 is 10.6 Å². The summed E-state index contributed by atoms with van der Waals surface area (Å²) in [6, 6.07) is 14.3. The number of hydrogen-bond acceptors (Lipinski definition) is 3. The third-order valence-electron chi connectivity index (χ3n) is 4.75. The normalized spacial score (nSPS) is 18.0. The molecule has 1 heterocycles. The monoisotopic (exact) mass is 355 g/mol. The zero-order chi connectivity index (χ0) is 18.7. The molecule has 1 aliphatic rings. The van der Waals surface area contributed by atoms with Gasteiger partial charge in [0.15, 0.2) is 0 Å². The second-order valence-corrected chi connectivity index (χ2v) is 6.49. The summed E-state index contributed by atoms with van der Waals surface area (Å²) < 4.78 is 14.0. The summed E-state index contributed by atoms with van der Waals surface area (Å²) >= 11 is 0. The van der Waals surface area contributed by atoms with Gasteiger partial charge in [-0.05, 0) is 30.5 Å². The molecule has 1 aliphatic heterocycles. The van der Waals surface area contributed by atoms with E-state index in [1.807, 2.05) is 30.3 Å². The second-order valence-electron chi connectivity index (χ2n) is 6.49. The molecule has 0 spiro atoms. The van der Waals surface area contributed by atoms with Crippen LogP contribution in [0, 0.1) is 5.82 Å². The standard InChI is InChI=1S/C20H22FN3O2/c1-23(19(25)16(22)13-14-7-3-2-4-8-14)18-11-12-24(20(18)26)17-10-6-5-9-15(17)21/h2-10,16,18H,11-13,22H2,1H3/t16-,18?/m0/s1. The van der Waals surface area contributed by atoms with E-state index in [9.17, 15) is 14.0 Å². The van der Waals surface area contributed by atoms with Crippen molar-refractivity contribution in [3.63, 3.8) is 0 Å². The van der Waals surface area contributed by atoms with Gasteiger partial charge in [-0.1, -0.05) is 42.5 Å². The summed E-state index contributed by atoms with van der Waals surface area (Å²) in [7, 11) is 1.58. The largest absolute Gasteiger partial charge is 0.332 e. The van der Waals surface area contributed by atoms with Crippen molar-refractivity contribution in [1.82, 2.24) is 4.90 Å². The molecule has 26 heavy (non-hydrogen) atoms. The van der Waals surface area contributed by atoms with Gasteiger partial charge in [-0.3, -0.25) is 9.59 Å². The number of nitrogens with two attached hydrogens (primary N) is 1. The van der Waals surface area contributed by atoms with Gasteiger partial charge < -0.3 is 15.5 Å². The number of hydrogen-bond donors (Lipinski definition) is 1. The van der Waals surface area contributed by atoms with Crippen LogP contribution in [0.2, 0.25) is 0 Å². The maximum atomic E-state index is 14.0. The smallest absolute Gasteiger partial charge is 0.249 e. The van der Waals surface area contributed by atoms with E-state index < -0.39 is 17.9 Å². The highest BCUT2D eigenvalue weighted by molar-refractivity contribution is 6.01. The van der Waals surface area contributed by atoms with Crippen molar-refractivity contribution in [3.8, 4) is 0 Å². The molecule has 0 radical (unpaired) electrons. The summed E-state index contributed by atoms with van der Waals surface area (Å²) in [6.45, 7) is 0.371. The van der Waals surface area contributed by atoms with E-state index in [1.165, 1.54) is 15.9 Å². The van der Waals surface area contributed by atoms with E-state index in [2.05, 4.69) is 0 Å². The number of carbonyl (C=O) groups excluding carboxylic acids is 2. The molecule has 3 rings (SSSR count). The molecule has 5 nitrogen and oxygen atoms in total. The predicted molar refractivity (Wildman–Crippen MR) is 98.0 cm³/mol. The Hall–Kier alpha value is -2.73. The van der Waals surface area contributed by atoms with E-state index in [4.69, 9.17) is 5.73 Å². The van der Waals surface area contributed by atoms with Gasteiger partial charge in [-0.15, -0.1) is 0 Å². The number of carbonyl (C=O) groups is 2. The first kappa shape index (κ1) is 18.1. The predicted octanol–water partition coefficient (Wildman–Crippen LogP) is 1.96. The van der Waals surface area contributed by atoms with Crippen molar-refractivity contribution < 1.29 is 14.0 Å². The van der Waals surface area contributed by atoms with Gasteiger partial charge >= 0.3 is 0 Å². The lowest BCUT2D eigenvalue weighted by atomic mass is 10.0. The van der Waals surface area contributed by atoms with Crippen molar-refractivity contribution in [1.29, 1.82) is 0 Å². The molecule has 2 aromatic rings. The molecule has 6 heteroatoms. The molecule has 0 aromatic heterocycles. The second kappa shape index (κ2) is 7.66. The van der Waals surface area contributed by atoms with Crippen molar-refractivity contribution >= 4 is 17.5 Å². The number of rotatable bonds is 5. The Labute approximate surface area is 152 Å². The number of benzene rings is 2. The van der Waals surface area contributed by atoms with Crippen molar-refractivity contribution in [3.05, 3.63) is 66.0 Å². The fraction of sp³-hybridized carbons (Fsp3) is 0.300. The van der Waals surface area contributed by atoms with E-state index in [-0.39, 0.29) is 17.5 Å². The Morgan fingerprint density at radius 3 is 2.58 bits per heavy atom. The van der Waals surface area contributed by atoms with Gasteiger partial charge in [0.2, 0.25) is 11.8 Å². The Balaban J connectivity index is 1.68. The zero-order valence-electron chi connectivity index (χ0n) is 14.6. The third-order valence-corrected chi connectivity index (χ3v) is 4.75. The number of para-hydroxylation sites is 1. The molecule has 1 saturated heterocycles. The molecule has 1 unspecified atom stereocenters. The highest BCUT2D eigenvalue weighted by Crippen LogP contribution is 2.26. The van der Waals surface area contributed by atoms with Gasteiger partial charge in [-0.25, -0.2) is 4.39 Å². The van der Waals surface area contributed by atoms with Crippen LogP contribution in [0.15, 0.2) is 54.6 Å². The summed E-state index contributed by atoms with van der Waals surface area (Å²) in [4.78, 5) is 28.2. The minimum Gasteiger partial charge on any atom is -0.332 e. The fourth-order valence-electron chi connectivity index (χ4n) is 3.30. The van der Waals surface area contributed by atoms with E-state index in [0.29, 0.717) is 19.4 Å². The number of amides is 2. The van der Waals surface area contributed by atoms with Crippen molar-refractivity contribution in [2.24, 2.45) is 5.73 Å². The molecule has 0 aliphatic carbocycles. The van der Waals surface area contributed by atoms with E-state index >= 15 is 0 Å². The quantitative estimate of drug-likeness (QED) is 0.892. The molecule has 0 bridgehead atoms. The van der Waals surface area contributed by atoms with Gasteiger partial charge in [-0.2, -0.15) is 0 Å². The molecule has 2 aromatic carbocycles. The van der Waals surface area contributed by atoms with E-state index in [0.717, 1.165) is 5.56 Å². The average Bonchev–Trinajstić information content (AvgIpc) is 3.03. The van der Waals surface area contributed by atoms with Gasteiger partial charge in [0.25, 0.3) is 0 Å². The van der Waals surface area contributed by atoms with Crippen LogP contribution in [-0.2, 0) is 16.0 Å². The fourth-order valence-corrected chi connectivity index (χ4v) is 3.30. The Morgan fingerprint density at radius 2 is 1.88 bits per heavy atom. The number of anilines is 1. The van der Waals surface area contributed by atoms with Gasteiger partial charge in [0.1, 0.15) is 11.9 Å². The molecule has 2 N–H and O–H groups in total. The molecule has 1 fully saturated rings. The summed E-state index contributed by atoms with van der Waals surface area (Å²) in [6.07, 6.45) is 0.857. The first-order valence-corrected chi connectivity index (χ1v) is 8.61. The minimum atomic E-state index is -0.724. The van der Waals surface area contributed by atoms with Crippen LogP contribution in [0.25, 0.3) is 0 Å². The molecular weight excluding hydrogens is 333 g/mol. The molecule has 2 atom stereocenters. The van der Waals surface area contributed by atoms with Crippen LogP contribution >= 0.6 is 0 Å². The van der Waals surface area contributed by atoms with E-state index in [1.54, 1.807) is 25.2 Å². The number of likely N-dealkylation sites (N-methyl/N-ethyl adjacent to an activating group) is 1. The number of nitrogens with zero attached hydrogens (tertiary/aromatic N) is 2. The Bertz CT molecular complexity index is 797.